The zero-order valence-electron chi connectivity index (χ0n) is 16.7. The zero-order chi connectivity index (χ0) is 18.8. The molecule has 3 rings (SSSR count). The molecule has 0 fully saturated rings. The van der Waals surface area contributed by atoms with E-state index < -0.39 is 0 Å². The van der Waals surface area contributed by atoms with E-state index in [-0.39, 0.29) is 5.91 Å². The Kier molecular flexibility index (Phi) is 5.49. The third-order valence-corrected chi connectivity index (χ3v) is 5.24. The van der Waals surface area contributed by atoms with Gasteiger partial charge < -0.3 is 9.47 Å². The van der Waals surface area contributed by atoms with E-state index >= 15 is 0 Å². The molecule has 0 unspecified atom stereocenters. The summed E-state index contributed by atoms with van der Waals surface area (Å²) in [5.74, 6) is 1.74. The Bertz CT molecular complexity index is 786. The van der Waals surface area contributed by atoms with Crippen LogP contribution in [0.1, 0.15) is 57.0 Å². The topological polar surface area (TPSA) is 56.0 Å². The molecule has 6 nitrogen and oxygen atoms in total. The van der Waals surface area contributed by atoms with Gasteiger partial charge >= 0.3 is 0 Å². The first-order chi connectivity index (χ1) is 12.4. The predicted molar refractivity (Wildman–Crippen MR) is 103 cm³/mol. The number of carbonyl (C=O) groups is 1. The summed E-state index contributed by atoms with van der Waals surface area (Å²) in [7, 11) is 2.00. The van der Waals surface area contributed by atoms with Crippen molar-refractivity contribution in [3.05, 3.63) is 23.1 Å². The molecule has 1 aliphatic rings. The van der Waals surface area contributed by atoms with Crippen LogP contribution in [0.5, 0.6) is 0 Å². The maximum Gasteiger partial charge on any atom is 0.222 e. The molecule has 0 radical (unpaired) electrons. The number of hydrogen-bond acceptors (Lipinski definition) is 3. The van der Waals surface area contributed by atoms with Gasteiger partial charge in [-0.2, -0.15) is 5.10 Å². The second-order valence-corrected chi connectivity index (χ2v) is 7.77. The van der Waals surface area contributed by atoms with Crippen LogP contribution in [0.3, 0.4) is 0 Å². The molecule has 1 amide bonds. The van der Waals surface area contributed by atoms with E-state index in [4.69, 9.17) is 5.10 Å². The molecule has 3 heterocycles. The third-order valence-electron chi connectivity index (χ3n) is 5.24. The van der Waals surface area contributed by atoms with Crippen LogP contribution >= 0.6 is 0 Å². The van der Waals surface area contributed by atoms with Crippen LogP contribution in [0.2, 0.25) is 0 Å². The average Bonchev–Trinajstić information content (AvgIpc) is 3.13. The summed E-state index contributed by atoms with van der Waals surface area (Å²) in [4.78, 5) is 19.3. The van der Waals surface area contributed by atoms with E-state index in [1.165, 1.54) is 11.3 Å². The molecule has 0 spiro atoms. The Morgan fingerprint density at radius 2 is 2.12 bits per heavy atom. The molecule has 0 saturated carbocycles. The molecule has 2 aromatic heterocycles. The first kappa shape index (κ1) is 18.7. The number of imidazole rings is 1. The van der Waals surface area contributed by atoms with Gasteiger partial charge in [-0.05, 0) is 25.7 Å². The molecule has 26 heavy (non-hydrogen) atoms. The molecular weight excluding hydrogens is 326 g/mol. The van der Waals surface area contributed by atoms with Crippen molar-refractivity contribution < 1.29 is 4.79 Å². The van der Waals surface area contributed by atoms with Crippen molar-refractivity contribution in [1.82, 2.24) is 24.2 Å². The normalized spacial score (nSPS) is 14.2. The highest BCUT2D eigenvalue weighted by atomic mass is 16.2. The van der Waals surface area contributed by atoms with Gasteiger partial charge in [0.2, 0.25) is 5.91 Å². The number of aryl methyl sites for hydroxylation is 2. The van der Waals surface area contributed by atoms with E-state index in [0.29, 0.717) is 18.9 Å². The molecule has 0 bridgehead atoms. The van der Waals surface area contributed by atoms with Crippen molar-refractivity contribution in [1.29, 1.82) is 0 Å². The lowest BCUT2D eigenvalue weighted by atomic mass is 10.0. The number of hydrogen-bond donors (Lipinski definition) is 0. The van der Waals surface area contributed by atoms with Crippen molar-refractivity contribution in [2.75, 3.05) is 6.54 Å². The van der Waals surface area contributed by atoms with Gasteiger partial charge in [0, 0.05) is 62.7 Å². The van der Waals surface area contributed by atoms with Gasteiger partial charge in [0.05, 0.1) is 0 Å². The molecule has 142 valence electrons. The third kappa shape index (κ3) is 3.55. The second kappa shape index (κ2) is 7.64. The minimum Gasteiger partial charge on any atom is -0.338 e. The predicted octanol–water partition coefficient (Wildman–Crippen LogP) is 3.32. The van der Waals surface area contributed by atoms with Gasteiger partial charge in [0.15, 0.2) is 5.82 Å². The van der Waals surface area contributed by atoms with E-state index in [2.05, 4.69) is 37.2 Å². The SMILES string of the molecule is CCCn1c(C)cnc1-c1nn(C)c2c1CN(C(=O)CCC(C)C)CC2. The molecule has 6 heteroatoms. The monoisotopic (exact) mass is 357 g/mol. The summed E-state index contributed by atoms with van der Waals surface area (Å²) in [5.41, 5.74) is 4.49. The minimum atomic E-state index is 0.257. The highest BCUT2D eigenvalue weighted by molar-refractivity contribution is 5.77. The van der Waals surface area contributed by atoms with Crippen LogP contribution in [-0.2, 0) is 31.4 Å². The van der Waals surface area contributed by atoms with E-state index in [9.17, 15) is 4.79 Å². The summed E-state index contributed by atoms with van der Waals surface area (Å²) in [6.45, 7) is 10.9. The fraction of sp³-hybridized carbons (Fsp3) is 0.650. The lowest BCUT2D eigenvalue weighted by Gasteiger charge is -2.28. The van der Waals surface area contributed by atoms with E-state index in [1.54, 1.807) is 0 Å². The molecule has 0 aromatic carbocycles. The summed E-state index contributed by atoms with van der Waals surface area (Å²) < 4.78 is 4.21. The number of nitrogens with zero attached hydrogens (tertiary/aromatic N) is 5. The molecule has 0 atom stereocenters. The molecule has 0 N–H and O–H groups in total. The first-order valence-electron chi connectivity index (χ1n) is 9.77. The number of aromatic nitrogens is 4. The number of amides is 1. The number of rotatable bonds is 6. The highest BCUT2D eigenvalue weighted by Crippen LogP contribution is 2.30. The highest BCUT2D eigenvalue weighted by Gasteiger charge is 2.28. The van der Waals surface area contributed by atoms with Crippen molar-refractivity contribution in [3.63, 3.8) is 0 Å². The summed E-state index contributed by atoms with van der Waals surface area (Å²) >= 11 is 0. The Balaban J connectivity index is 1.90. The number of fused-ring (bicyclic) bond motifs is 1. The molecular formula is C20H31N5O. The lowest BCUT2D eigenvalue weighted by Crippen LogP contribution is -2.36. The maximum atomic E-state index is 12.6. The van der Waals surface area contributed by atoms with Crippen molar-refractivity contribution >= 4 is 5.91 Å². The van der Waals surface area contributed by atoms with Crippen LogP contribution in [0.25, 0.3) is 11.5 Å². The van der Waals surface area contributed by atoms with Gasteiger partial charge in [-0.1, -0.05) is 20.8 Å². The van der Waals surface area contributed by atoms with Gasteiger partial charge in [-0.15, -0.1) is 0 Å². The largest absolute Gasteiger partial charge is 0.338 e. The average molecular weight is 358 g/mol. The summed E-state index contributed by atoms with van der Waals surface area (Å²) in [6.07, 6.45) is 5.41. The summed E-state index contributed by atoms with van der Waals surface area (Å²) in [6, 6.07) is 0. The van der Waals surface area contributed by atoms with Crippen molar-refractivity contribution in [3.8, 4) is 11.5 Å². The lowest BCUT2D eigenvalue weighted by molar-refractivity contribution is -0.132. The molecule has 1 aliphatic heterocycles. The quantitative estimate of drug-likeness (QED) is 0.797. The summed E-state index contributed by atoms with van der Waals surface area (Å²) in [5, 5.41) is 4.78. The minimum absolute atomic E-state index is 0.257. The molecule has 2 aromatic rings. The Labute approximate surface area is 156 Å². The van der Waals surface area contributed by atoms with E-state index in [0.717, 1.165) is 49.6 Å². The van der Waals surface area contributed by atoms with Crippen molar-refractivity contribution in [2.24, 2.45) is 13.0 Å². The van der Waals surface area contributed by atoms with Crippen LogP contribution < -0.4 is 0 Å². The Hall–Kier alpha value is -2.11. The smallest absolute Gasteiger partial charge is 0.222 e. The first-order valence-corrected chi connectivity index (χ1v) is 9.77. The van der Waals surface area contributed by atoms with Crippen molar-refractivity contribution in [2.45, 2.75) is 66.5 Å². The standard InChI is InChI=1S/C20H31N5O/c1-6-10-25-15(4)12-21-20(25)19-16-13-24(18(26)8-7-14(2)3)11-9-17(16)23(5)22-19/h12,14H,6-11,13H2,1-5H3. The zero-order valence-corrected chi connectivity index (χ0v) is 16.7. The van der Waals surface area contributed by atoms with Crippen LogP contribution in [0, 0.1) is 12.8 Å². The Morgan fingerprint density at radius 1 is 1.35 bits per heavy atom. The Morgan fingerprint density at radius 3 is 2.81 bits per heavy atom. The van der Waals surface area contributed by atoms with E-state index in [1.807, 2.05) is 22.8 Å². The fourth-order valence-electron chi connectivity index (χ4n) is 3.71. The second-order valence-electron chi connectivity index (χ2n) is 7.77. The van der Waals surface area contributed by atoms with Gasteiger partial charge in [-0.3, -0.25) is 9.48 Å². The van der Waals surface area contributed by atoms with Crippen LogP contribution in [0.4, 0.5) is 0 Å². The molecule has 0 aliphatic carbocycles. The van der Waals surface area contributed by atoms with Crippen LogP contribution in [0.15, 0.2) is 6.20 Å². The fourth-order valence-corrected chi connectivity index (χ4v) is 3.71. The number of carbonyl (C=O) groups excluding carboxylic acids is 1. The van der Waals surface area contributed by atoms with Gasteiger partial charge in [-0.25, -0.2) is 4.98 Å². The maximum absolute atomic E-state index is 12.6. The van der Waals surface area contributed by atoms with Crippen LogP contribution in [-0.4, -0.2) is 36.7 Å². The van der Waals surface area contributed by atoms with Gasteiger partial charge in [0.1, 0.15) is 5.69 Å². The van der Waals surface area contributed by atoms with Gasteiger partial charge in [0.25, 0.3) is 0 Å². The molecule has 0 saturated heterocycles.